The van der Waals surface area contributed by atoms with Gasteiger partial charge in [0.25, 0.3) is 0 Å². The van der Waals surface area contributed by atoms with Crippen molar-refractivity contribution in [1.82, 2.24) is 4.90 Å². The Kier molecular flexibility index (Phi) is 3.58. The first-order valence-corrected chi connectivity index (χ1v) is 7.58. The highest BCUT2D eigenvalue weighted by Gasteiger charge is 2.35. The molecule has 2 atom stereocenters. The van der Waals surface area contributed by atoms with Gasteiger partial charge in [0.05, 0.1) is 6.04 Å². The minimum absolute atomic E-state index is 0.222. The smallest absolute Gasteiger partial charge is 0.223 e. The maximum Gasteiger partial charge on any atom is 0.223 e. The van der Waals surface area contributed by atoms with Gasteiger partial charge in [-0.2, -0.15) is 0 Å². The summed E-state index contributed by atoms with van der Waals surface area (Å²) in [5.74, 6) is 1.86. The predicted molar refractivity (Wildman–Crippen MR) is 76.6 cm³/mol. The molecule has 1 aromatic carbocycles. The molecular weight excluding hydrogens is 234 g/mol. The second-order valence-electron chi connectivity index (χ2n) is 6.24. The summed E-state index contributed by atoms with van der Waals surface area (Å²) in [6, 6.07) is 10.6. The standard InChI is InChI=1S/C17H23NO/c1-13(16-8-3-2-4-9-16)18-12-15(11-17(18)19)10-14-6-5-7-14/h2-4,8-9,13-15H,5-7,10-12H2,1H3/t13-,15-/m1/s1. The molecule has 1 heterocycles. The van der Waals surface area contributed by atoms with Gasteiger partial charge in [-0.25, -0.2) is 0 Å². The number of rotatable bonds is 4. The van der Waals surface area contributed by atoms with Gasteiger partial charge in [-0.3, -0.25) is 4.79 Å². The highest BCUT2D eigenvalue weighted by atomic mass is 16.2. The van der Waals surface area contributed by atoms with Gasteiger partial charge in [-0.05, 0) is 30.7 Å². The topological polar surface area (TPSA) is 20.3 Å². The molecule has 2 nitrogen and oxygen atoms in total. The first kappa shape index (κ1) is 12.7. The molecule has 19 heavy (non-hydrogen) atoms. The van der Waals surface area contributed by atoms with Crippen LogP contribution >= 0.6 is 0 Å². The third-order valence-corrected chi connectivity index (χ3v) is 4.88. The first-order valence-electron chi connectivity index (χ1n) is 7.58. The largest absolute Gasteiger partial charge is 0.336 e. The number of benzene rings is 1. The summed E-state index contributed by atoms with van der Waals surface area (Å²) < 4.78 is 0. The average Bonchev–Trinajstić information content (AvgIpc) is 2.75. The second kappa shape index (κ2) is 5.36. The summed E-state index contributed by atoms with van der Waals surface area (Å²) in [5.41, 5.74) is 1.25. The molecule has 0 aromatic heterocycles. The average molecular weight is 257 g/mol. The predicted octanol–water partition coefficient (Wildman–Crippen LogP) is 3.79. The van der Waals surface area contributed by atoms with Crippen molar-refractivity contribution in [1.29, 1.82) is 0 Å². The highest BCUT2D eigenvalue weighted by molar-refractivity contribution is 5.79. The molecule has 2 aliphatic rings. The van der Waals surface area contributed by atoms with E-state index in [1.807, 2.05) is 6.07 Å². The van der Waals surface area contributed by atoms with E-state index in [0.717, 1.165) is 18.9 Å². The molecule has 1 saturated heterocycles. The molecule has 1 aliphatic heterocycles. The van der Waals surface area contributed by atoms with Gasteiger partial charge < -0.3 is 4.90 Å². The molecule has 0 spiro atoms. The minimum Gasteiger partial charge on any atom is -0.336 e. The van der Waals surface area contributed by atoms with Gasteiger partial charge in [0.1, 0.15) is 0 Å². The van der Waals surface area contributed by atoms with Crippen LogP contribution in [0.4, 0.5) is 0 Å². The fourth-order valence-corrected chi connectivity index (χ4v) is 3.45. The van der Waals surface area contributed by atoms with E-state index in [2.05, 4.69) is 36.1 Å². The number of hydrogen-bond acceptors (Lipinski definition) is 1. The summed E-state index contributed by atoms with van der Waals surface area (Å²) in [6.45, 7) is 3.12. The first-order chi connectivity index (χ1) is 9.24. The molecule has 0 unspecified atom stereocenters. The molecule has 2 fully saturated rings. The van der Waals surface area contributed by atoms with Gasteiger partial charge in [0, 0.05) is 13.0 Å². The van der Waals surface area contributed by atoms with E-state index in [-0.39, 0.29) is 6.04 Å². The van der Waals surface area contributed by atoms with E-state index in [0.29, 0.717) is 11.8 Å². The van der Waals surface area contributed by atoms with Crippen LogP contribution in [0.25, 0.3) is 0 Å². The maximum atomic E-state index is 12.2. The normalized spacial score (nSPS) is 25.4. The van der Waals surface area contributed by atoms with Crippen molar-refractivity contribution in [2.24, 2.45) is 11.8 Å². The summed E-state index contributed by atoms with van der Waals surface area (Å²) in [5, 5.41) is 0. The molecule has 102 valence electrons. The Morgan fingerprint density at radius 3 is 2.58 bits per heavy atom. The third-order valence-electron chi connectivity index (χ3n) is 4.88. The van der Waals surface area contributed by atoms with Crippen LogP contribution in [-0.2, 0) is 4.79 Å². The molecule has 1 amide bonds. The molecule has 1 aromatic rings. The minimum atomic E-state index is 0.222. The Hall–Kier alpha value is -1.31. The third kappa shape index (κ3) is 2.68. The van der Waals surface area contributed by atoms with Crippen LogP contribution in [0, 0.1) is 11.8 Å². The lowest BCUT2D eigenvalue weighted by Gasteiger charge is -2.29. The fraction of sp³-hybridized carbons (Fsp3) is 0.588. The van der Waals surface area contributed by atoms with Crippen molar-refractivity contribution in [2.75, 3.05) is 6.54 Å². The lowest BCUT2D eigenvalue weighted by molar-refractivity contribution is -0.129. The summed E-state index contributed by atoms with van der Waals surface area (Å²) >= 11 is 0. The molecule has 1 saturated carbocycles. The number of amides is 1. The molecule has 1 aliphatic carbocycles. The van der Waals surface area contributed by atoms with Crippen LogP contribution in [0.2, 0.25) is 0 Å². The van der Waals surface area contributed by atoms with Crippen molar-refractivity contribution in [3.63, 3.8) is 0 Å². The van der Waals surface area contributed by atoms with E-state index in [4.69, 9.17) is 0 Å². The van der Waals surface area contributed by atoms with Gasteiger partial charge in [-0.1, -0.05) is 49.6 Å². The van der Waals surface area contributed by atoms with Crippen molar-refractivity contribution < 1.29 is 4.79 Å². The van der Waals surface area contributed by atoms with Crippen LogP contribution in [-0.4, -0.2) is 17.4 Å². The summed E-state index contributed by atoms with van der Waals surface area (Å²) in [6.07, 6.45) is 6.21. The highest BCUT2D eigenvalue weighted by Crippen LogP contribution is 2.37. The fourth-order valence-electron chi connectivity index (χ4n) is 3.45. The molecule has 3 rings (SSSR count). The number of carbonyl (C=O) groups excluding carboxylic acids is 1. The van der Waals surface area contributed by atoms with Gasteiger partial charge in [-0.15, -0.1) is 0 Å². The maximum absolute atomic E-state index is 12.2. The van der Waals surface area contributed by atoms with Gasteiger partial charge in [0.15, 0.2) is 0 Å². The molecule has 0 radical (unpaired) electrons. The van der Waals surface area contributed by atoms with Crippen LogP contribution in [0.3, 0.4) is 0 Å². The zero-order valence-electron chi connectivity index (χ0n) is 11.7. The zero-order chi connectivity index (χ0) is 13.2. The monoisotopic (exact) mass is 257 g/mol. The number of nitrogens with zero attached hydrogens (tertiary/aromatic N) is 1. The number of hydrogen-bond donors (Lipinski definition) is 0. The van der Waals surface area contributed by atoms with Gasteiger partial charge in [0.2, 0.25) is 5.91 Å². The van der Waals surface area contributed by atoms with Crippen LogP contribution < -0.4 is 0 Å². The summed E-state index contributed by atoms with van der Waals surface area (Å²) in [7, 11) is 0. The molecular formula is C17H23NO. The number of carbonyl (C=O) groups is 1. The van der Waals surface area contributed by atoms with E-state index in [1.165, 1.54) is 31.2 Å². The Bertz CT molecular complexity index is 438. The van der Waals surface area contributed by atoms with Crippen molar-refractivity contribution >= 4 is 5.91 Å². The Balaban J connectivity index is 1.63. The van der Waals surface area contributed by atoms with Crippen molar-refractivity contribution in [3.8, 4) is 0 Å². The van der Waals surface area contributed by atoms with Crippen molar-refractivity contribution in [2.45, 2.75) is 45.1 Å². The lowest BCUT2D eigenvalue weighted by atomic mass is 9.79. The van der Waals surface area contributed by atoms with E-state index in [1.54, 1.807) is 0 Å². The second-order valence-corrected chi connectivity index (χ2v) is 6.24. The van der Waals surface area contributed by atoms with Crippen LogP contribution in [0.15, 0.2) is 30.3 Å². The number of likely N-dealkylation sites (tertiary alicyclic amines) is 1. The quantitative estimate of drug-likeness (QED) is 0.803. The summed E-state index contributed by atoms with van der Waals surface area (Å²) in [4.78, 5) is 14.3. The van der Waals surface area contributed by atoms with Crippen LogP contribution in [0.1, 0.15) is 50.6 Å². The zero-order valence-corrected chi connectivity index (χ0v) is 11.7. The molecule has 0 N–H and O–H groups in total. The Labute approximate surface area is 115 Å². The van der Waals surface area contributed by atoms with Crippen LogP contribution in [0.5, 0.6) is 0 Å². The van der Waals surface area contributed by atoms with Crippen molar-refractivity contribution in [3.05, 3.63) is 35.9 Å². The molecule has 0 bridgehead atoms. The van der Waals surface area contributed by atoms with E-state index in [9.17, 15) is 4.79 Å². The Morgan fingerprint density at radius 1 is 1.21 bits per heavy atom. The Morgan fingerprint density at radius 2 is 1.95 bits per heavy atom. The van der Waals surface area contributed by atoms with Gasteiger partial charge >= 0.3 is 0 Å². The van der Waals surface area contributed by atoms with E-state index >= 15 is 0 Å². The van der Waals surface area contributed by atoms with E-state index < -0.39 is 0 Å². The lowest BCUT2D eigenvalue weighted by Crippen LogP contribution is -2.28. The SMILES string of the molecule is C[C@H](c1ccccc1)N1C[C@H](CC2CCC2)CC1=O. The molecule has 2 heteroatoms.